The number of carboxylic acid groups (broad SMARTS) is 1. The van der Waals surface area contributed by atoms with Crippen molar-refractivity contribution in [1.29, 1.82) is 0 Å². The summed E-state index contributed by atoms with van der Waals surface area (Å²) in [5, 5.41) is 11.7. The van der Waals surface area contributed by atoms with Crippen LogP contribution in [0.3, 0.4) is 0 Å². The summed E-state index contributed by atoms with van der Waals surface area (Å²) >= 11 is 0. The first kappa shape index (κ1) is 14.0. The molecule has 1 aromatic rings. The Morgan fingerprint density at radius 1 is 1.53 bits per heavy atom. The first-order chi connectivity index (χ1) is 8.81. The second-order valence-corrected chi connectivity index (χ2v) is 6.65. The van der Waals surface area contributed by atoms with Gasteiger partial charge in [-0.25, -0.2) is 12.8 Å². The van der Waals surface area contributed by atoms with Gasteiger partial charge in [-0.3, -0.25) is 10.1 Å². The number of hydrogen-bond donors (Lipinski definition) is 2. The van der Waals surface area contributed by atoms with Crippen LogP contribution in [0.15, 0.2) is 23.1 Å². The van der Waals surface area contributed by atoms with E-state index in [4.69, 9.17) is 5.11 Å². The third-order valence-corrected chi connectivity index (χ3v) is 4.99. The highest BCUT2D eigenvalue weighted by Crippen LogP contribution is 2.32. The Kier molecular flexibility index (Phi) is 3.60. The monoisotopic (exact) mass is 287 g/mol. The van der Waals surface area contributed by atoms with Crippen LogP contribution in [0.4, 0.5) is 4.39 Å². The minimum Gasteiger partial charge on any atom is -0.480 e. The van der Waals surface area contributed by atoms with E-state index in [0.29, 0.717) is 5.56 Å². The number of benzene rings is 1. The van der Waals surface area contributed by atoms with Crippen molar-refractivity contribution in [2.24, 2.45) is 0 Å². The Labute approximate surface area is 110 Å². The van der Waals surface area contributed by atoms with Crippen molar-refractivity contribution in [3.63, 3.8) is 0 Å². The van der Waals surface area contributed by atoms with Crippen LogP contribution in [0, 0.1) is 5.82 Å². The molecule has 0 amide bonds. The van der Waals surface area contributed by atoms with Crippen LogP contribution >= 0.6 is 0 Å². The van der Waals surface area contributed by atoms with Crippen molar-refractivity contribution in [1.82, 2.24) is 5.32 Å². The summed E-state index contributed by atoms with van der Waals surface area (Å²) in [5.41, 5.74) is 0.305. The number of carboxylic acids is 1. The van der Waals surface area contributed by atoms with Crippen LogP contribution in [0.25, 0.3) is 0 Å². The Balaban J connectivity index is 2.41. The zero-order chi connectivity index (χ0) is 14.2. The van der Waals surface area contributed by atoms with Gasteiger partial charge in [-0.1, -0.05) is 0 Å². The molecule has 1 heterocycles. The molecule has 0 radical (unpaired) electrons. The van der Waals surface area contributed by atoms with E-state index in [2.05, 4.69) is 5.32 Å². The van der Waals surface area contributed by atoms with Crippen molar-refractivity contribution in [3.05, 3.63) is 29.6 Å². The quantitative estimate of drug-likeness (QED) is 0.814. The van der Waals surface area contributed by atoms with Crippen molar-refractivity contribution >= 4 is 15.8 Å². The van der Waals surface area contributed by atoms with Gasteiger partial charge in [0, 0.05) is 6.04 Å². The number of halogens is 1. The van der Waals surface area contributed by atoms with Gasteiger partial charge >= 0.3 is 5.97 Å². The predicted molar refractivity (Wildman–Crippen MR) is 66.0 cm³/mol. The number of rotatable bonds is 3. The van der Waals surface area contributed by atoms with Crippen molar-refractivity contribution < 1.29 is 22.7 Å². The molecule has 2 rings (SSSR count). The third-order valence-electron chi connectivity index (χ3n) is 3.18. The lowest BCUT2D eigenvalue weighted by Gasteiger charge is -2.27. The summed E-state index contributed by atoms with van der Waals surface area (Å²) in [5.74, 6) is -1.65. The van der Waals surface area contributed by atoms with Crippen molar-refractivity contribution in [2.45, 2.75) is 30.3 Å². The first-order valence-corrected chi connectivity index (χ1v) is 7.47. The Hall–Kier alpha value is -1.47. The van der Waals surface area contributed by atoms with E-state index in [1.807, 2.05) is 0 Å². The summed E-state index contributed by atoms with van der Waals surface area (Å²) in [6, 6.07) is 2.18. The van der Waals surface area contributed by atoms with E-state index < -0.39 is 33.7 Å². The molecule has 0 saturated carbocycles. The second-order valence-electron chi connectivity index (χ2n) is 4.57. The highest BCUT2D eigenvalue weighted by atomic mass is 32.2. The van der Waals surface area contributed by atoms with Crippen LogP contribution < -0.4 is 5.32 Å². The lowest BCUT2D eigenvalue weighted by Crippen LogP contribution is -2.39. The average molecular weight is 287 g/mol. The summed E-state index contributed by atoms with van der Waals surface area (Å²) in [6.45, 7) is 1.46. The van der Waals surface area contributed by atoms with E-state index in [9.17, 15) is 17.6 Å². The maximum atomic E-state index is 13.3. The number of nitrogens with one attached hydrogen (secondary N) is 1. The van der Waals surface area contributed by atoms with E-state index in [-0.39, 0.29) is 17.1 Å². The molecule has 1 aliphatic rings. The molecule has 2 N–H and O–H groups in total. The molecule has 0 saturated heterocycles. The molecule has 0 aromatic heterocycles. The molecule has 104 valence electrons. The van der Waals surface area contributed by atoms with Crippen LogP contribution in [0.2, 0.25) is 0 Å². The highest BCUT2D eigenvalue weighted by molar-refractivity contribution is 7.91. The summed E-state index contributed by atoms with van der Waals surface area (Å²) in [7, 11) is -3.40. The molecular weight excluding hydrogens is 273 g/mol. The molecule has 7 heteroatoms. The minimum atomic E-state index is -3.40. The normalized spacial score (nSPS) is 22.5. The van der Waals surface area contributed by atoms with Gasteiger partial charge in [0.25, 0.3) is 0 Å². The van der Waals surface area contributed by atoms with Gasteiger partial charge in [0.2, 0.25) is 0 Å². The van der Waals surface area contributed by atoms with Gasteiger partial charge in [0.15, 0.2) is 9.84 Å². The molecule has 19 heavy (non-hydrogen) atoms. The lowest BCUT2D eigenvalue weighted by atomic mass is 10.0. The Bertz CT molecular complexity index is 614. The predicted octanol–water partition coefficient (Wildman–Crippen LogP) is 1.11. The van der Waals surface area contributed by atoms with Crippen LogP contribution in [-0.2, 0) is 14.6 Å². The molecule has 0 bridgehead atoms. The SMILES string of the molecule is CC(NC1CCS(=O)(=O)c2ccc(F)cc21)C(=O)O. The smallest absolute Gasteiger partial charge is 0.320 e. The van der Waals surface area contributed by atoms with E-state index in [1.54, 1.807) is 0 Å². The molecule has 1 aliphatic heterocycles. The molecule has 1 aromatic carbocycles. The molecule has 2 unspecified atom stereocenters. The van der Waals surface area contributed by atoms with Gasteiger partial charge in [0.1, 0.15) is 11.9 Å². The highest BCUT2D eigenvalue weighted by Gasteiger charge is 2.32. The summed E-state index contributed by atoms with van der Waals surface area (Å²) in [4.78, 5) is 10.9. The van der Waals surface area contributed by atoms with Gasteiger partial charge in [0.05, 0.1) is 10.6 Å². The van der Waals surface area contributed by atoms with Crippen LogP contribution in [-0.4, -0.2) is 31.3 Å². The fourth-order valence-electron chi connectivity index (χ4n) is 2.16. The minimum absolute atomic E-state index is 0.0738. The van der Waals surface area contributed by atoms with Crippen LogP contribution in [0.1, 0.15) is 24.9 Å². The first-order valence-electron chi connectivity index (χ1n) is 5.82. The zero-order valence-corrected chi connectivity index (χ0v) is 11.1. The second kappa shape index (κ2) is 4.90. The number of aliphatic carboxylic acids is 1. The van der Waals surface area contributed by atoms with Gasteiger partial charge < -0.3 is 5.11 Å². The Morgan fingerprint density at radius 3 is 2.84 bits per heavy atom. The average Bonchev–Trinajstić information content (AvgIpc) is 2.32. The van der Waals surface area contributed by atoms with Crippen molar-refractivity contribution in [2.75, 3.05) is 5.75 Å². The summed E-state index contributed by atoms with van der Waals surface area (Å²) in [6.07, 6.45) is 0.233. The number of hydrogen-bond acceptors (Lipinski definition) is 4. The third kappa shape index (κ3) is 2.76. The maximum Gasteiger partial charge on any atom is 0.320 e. The van der Waals surface area contributed by atoms with E-state index in [0.717, 1.165) is 12.1 Å². The topological polar surface area (TPSA) is 83.5 Å². The van der Waals surface area contributed by atoms with Gasteiger partial charge in [-0.2, -0.15) is 0 Å². The molecule has 5 nitrogen and oxygen atoms in total. The standard InChI is InChI=1S/C12H14FNO4S/c1-7(12(15)16)14-10-4-5-19(17,18)11-3-2-8(13)6-9(10)11/h2-3,6-7,10,14H,4-5H2,1H3,(H,15,16). The largest absolute Gasteiger partial charge is 0.480 e. The molecule has 2 atom stereocenters. The molecular formula is C12H14FNO4S. The molecule has 0 spiro atoms. The number of carbonyl (C=O) groups is 1. The zero-order valence-electron chi connectivity index (χ0n) is 10.3. The maximum absolute atomic E-state index is 13.3. The Morgan fingerprint density at radius 2 is 2.21 bits per heavy atom. The van der Waals surface area contributed by atoms with E-state index in [1.165, 1.54) is 13.0 Å². The van der Waals surface area contributed by atoms with Gasteiger partial charge in [-0.15, -0.1) is 0 Å². The molecule has 0 aliphatic carbocycles. The number of sulfone groups is 1. The fraction of sp³-hybridized carbons (Fsp3) is 0.417. The van der Waals surface area contributed by atoms with Gasteiger partial charge in [-0.05, 0) is 37.1 Å². The lowest BCUT2D eigenvalue weighted by molar-refractivity contribution is -0.139. The fourth-order valence-corrected chi connectivity index (χ4v) is 3.76. The van der Waals surface area contributed by atoms with Crippen molar-refractivity contribution in [3.8, 4) is 0 Å². The van der Waals surface area contributed by atoms with E-state index >= 15 is 0 Å². The molecule has 0 fully saturated rings. The van der Waals surface area contributed by atoms with Crippen LogP contribution in [0.5, 0.6) is 0 Å². The number of fused-ring (bicyclic) bond motifs is 1. The summed E-state index contributed by atoms with van der Waals surface area (Å²) < 4.78 is 37.0.